The van der Waals surface area contributed by atoms with Crippen LogP contribution >= 0.6 is 0 Å². The molecule has 0 spiro atoms. The topological polar surface area (TPSA) is 95.8 Å². The second-order valence-electron chi connectivity index (χ2n) is 7.08. The third-order valence-electron chi connectivity index (χ3n) is 5.21. The van der Waals surface area contributed by atoms with Crippen LogP contribution in [0.4, 0.5) is 24.7 Å². The van der Waals surface area contributed by atoms with Gasteiger partial charge in [-0.3, -0.25) is 4.79 Å². The lowest BCUT2D eigenvalue weighted by molar-refractivity contribution is -0.137. The number of phenolic OH excluding ortho intramolecular Hbond substituents is 1. The third-order valence-corrected chi connectivity index (χ3v) is 5.21. The summed E-state index contributed by atoms with van der Waals surface area (Å²) in [6, 6.07) is 11.7. The Morgan fingerprint density at radius 2 is 1.68 bits per heavy atom. The smallest absolute Gasteiger partial charge is 0.417 e. The average molecular weight is 432 g/mol. The number of hydrogen-bond donors (Lipinski definition) is 2. The molecule has 162 valence electrons. The fraction of sp³-hybridized carbons (Fsp3) is 0.238. The van der Waals surface area contributed by atoms with E-state index in [1.807, 2.05) is 4.90 Å². The van der Waals surface area contributed by atoms with Gasteiger partial charge in [0, 0.05) is 31.7 Å². The van der Waals surface area contributed by atoms with Gasteiger partial charge in [-0.15, -0.1) is 0 Å². The molecule has 1 aliphatic heterocycles. The zero-order valence-corrected chi connectivity index (χ0v) is 16.3. The molecule has 0 saturated carbocycles. The molecule has 7 nitrogen and oxygen atoms in total. The van der Waals surface area contributed by atoms with Crippen molar-refractivity contribution in [3.05, 3.63) is 59.7 Å². The summed E-state index contributed by atoms with van der Waals surface area (Å²) >= 11 is 0. The predicted molar refractivity (Wildman–Crippen MR) is 108 cm³/mol. The highest BCUT2D eigenvalue weighted by Crippen LogP contribution is 2.39. The third kappa shape index (κ3) is 3.88. The Bertz CT molecular complexity index is 1110. The van der Waals surface area contributed by atoms with Crippen molar-refractivity contribution in [1.82, 2.24) is 10.1 Å². The van der Waals surface area contributed by atoms with Crippen molar-refractivity contribution in [3.8, 4) is 17.0 Å². The Morgan fingerprint density at radius 1 is 1.03 bits per heavy atom. The van der Waals surface area contributed by atoms with E-state index in [9.17, 15) is 23.1 Å². The van der Waals surface area contributed by atoms with Crippen LogP contribution in [0.3, 0.4) is 0 Å². The summed E-state index contributed by atoms with van der Waals surface area (Å²) in [4.78, 5) is 16.6. The number of piperazine rings is 1. The molecule has 2 heterocycles. The molecule has 0 radical (unpaired) electrons. The highest BCUT2D eigenvalue weighted by molar-refractivity contribution is 6.04. The molecule has 10 heteroatoms. The van der Waals surface area contributed by atoms with Crippen LogP contribution in [0, 0.1) is 0 Å². The number of aromatic hydroxyl groups is 1. The maximum absolute atomic E-state index is 13.5. The highest BCUT2D eigenvalue weighted by Gasteiger charge is 2.37. The van der Waals surface area contributed by atoms with Gasteiger partial charge in [0.25, 0.3) is 5.91 Å². The van der Waals surface area contributed by atoms with Crippen molar-refractivity contribution < 1.29 is 27.6 Å². The molecular weight excluding hydrogens is 413 g/mol. The molecule has 4 rings (SSSR count). The molecule has 0 atom stereocenters. The number of para-hydroxylation sites is 2. The van der Waals surface area contributed by atoms with Crippen molar-refractivity contribution in [2.24, 2.45) is 0 Å². The molecule has 3 N–H and O–H groups in total. The van der Waals surface area contributed by atoms with Gasteiger partial charge in [0.2, 0.25) is 5.88 Å². The standard InChI is InChI=1S/C21H19F3N4O3/c22-21(23,24)14-6-2-1-5-13(14)18-17(19(25)31-26-18)20(30)28-11-9-27(10-12-28)15-7-3-4-8-16(15)29/h1-8,29H,9-12,25H2. The van der Waals surface area contributed by atoms with Crippen LogP contribution < -0.4 is 10.6 Å². The zero-order chi connectivity index (χ0) is 22.2. The first-order valence-corrected chi connectivity index (χ1v) is 9.51. The number of hydrogen-bond acceptors (Lipinski definition) is 6. The van der Waals surface area contributed by atoms with Gasteiger partial charge >= 0.3 is 6.18 Å². The minimum atomic E-state index is -4.63. The molecule has 0 bridgehead atoms. The number of benzene rings is 2. The van der Waals surface area contributed by atoms with Gasteiger partial charge in [-0.1, -0.05) is 35.5 Å². The van der Waals surface area contributed by atoms with E-state index in [4.69, 9.17) is 10.3 Å². The number of carbonyl (C=O) groups excluding carboxylic acids is 1. The van der Waals surface area contributed by atoms with E-state index in [-0.39, 0.29) is 41.5 Å². The number of anilines is 2. The Balaban J connectivity index is 1.59. The molecule has 0 aliphatic carbocycles. The summed E-state index contributed by atoms with van der Waals surface area (Å²) in [6.07, 6.45) is -4.63. The first-order chi connectivity index (χ1) is 14.8. The van der Waals surface area contributed by atoms with E-state index in [0.717, 1.165) is 6.07 Å². The van der Waals surface area contributed by atoms with E-state index in [2.05, 4.69) is 5.16 Å². The summed E-state index contributed by atoms with van der Waals surface area (Å²) in [6.45, 7) is 1.45. The number of aromatic nitrogens is 1. The van der Waals surface area contributed by atoms with E-state index < -0.39 is 17.6 Å². The number of nitrogens with zero attached hydrogens (tertiary/aromatic N) is 3. The first-order valence-electron chi connectivity index (χ1n) is 9.51. The normalized spacial score (nSPS) is 14.7. The second kappa shape index (κ2) is 7.86. The van der Waals surface area contributed by atoms with Gasteiger partial charge in [0.15, 0.2) is 0 Å². The lowest BCUT2D eigenvalue weighted by Crippen LogP contribution is -2.49. The van der Waals surface area contributed by atoms with Crippen molar-refractivity contribution >= 4 is 17.5 Å². The fourth-order valence-corrected chi connectivity index (χ4v) is 3.67. The number of alkyl halides is 3. The number of rotatable bonds is 3. The van der Waals surface area contributed by atoms with Crippen LogP contribution in [0.25, 0.3) is 11.3 Å². The number of phenols is 1. The number of amides is 1. The maximum Gasteiger partial charge on any atom is 0.417 e. The van der Waals surface area contributed by atoms with Gasteiger partial charge in [-0.25, -0.2) is 0 Å². The number of halogens is 3. The predicted octanol–water partition coefficient (Wildman–Crippen LogP) is 3.61. The minimum absolute atomic E-state index is 0.136. The van der Waals surface area contributed by atoms with E-state index >= 15 is 0 Å². The molecule has 1 amide bonds. The fourth-order valence-electron chi connectivity index (χ4n) is 3.67. The van der Waals surface area contributed by atoms with Gasteiger partial charge < -0.3 is 25.2 Å². The van der Waals surface area contributed by atoms with Gasteiger partial charge in [-0.05, 0) is 18.2 Å². The lowest BCUT2D eigenvalue weighted by atomic mass is 10.00. The Kier molecular flexibility index (Phi) is 5.22. The molecule has 1 fully saturated rings. The van der Waals surface area contributed by atoms with Crippen LogP contribution in [0.15, 0.2) is 53.1 Å². The number of nitrogens with two attached hydrogens (primary N) is 1. The maximum atomic E-state index is 13.5. The van der Waals surface area contributed by atoms with Gasteiger partial charge in [0.05, 0.1) is 11.3 Å². The van der Waals surface area contributed by atoms with Crippen LogP contribution in [0.1, 0.15) is 15.9 Å². The summed E-state index contributed by atoms with van der Waals surface area (Å²) in [5, 5.41) is 13.7. The first kappa shape index (κ1) is 20.6. The summed E-state index contributed by atoms with van der Waals surface area (Å²) in [7, 11) is 0. The molecule has 1 aliphatic rings. The largest absolute Gasteiger partial charge is 0.506 e. The second-order valence-corrected chi connectivity index (χ2v) is 7.08. The van der Waals surface area contributed by atoms with E-state index in [1.54, 1.807) is 24.3 Å². The summed E-state index contributed by atoms with van der Waals surface area (Å²) in [5.74, 6) is -0.751. The van der Waals surface area contributed by atoms with E-state index in [1.165, 1.54) is 23.1 Å². The lowest BCUT2D eigenvalue weighted by Gasteiger charge is -2.36. The zero-order valence-electron chi connectivity index (χ0n) is 16.3. The van der Waals surface area contributed by atoms with Crippen LogP contribution in [0.5, 0.6) is 5.75 Å². The summed E-state index contributed by atoms with van der Waals surface area (Å²) < 4.78 is 45.3. The molecule has 1 aromatic heterocycles. The molecule has 3 aromatic rings. The molecule has 1 saturated heterocycles. The van der Waals surface area contributed by atoms with Crippen molar-refractivity contribution in [1.29, 1.82) is 0 Å². The molecule has 2 aromatic carbocycles. The van der Waals surface area contributed by atoms with Crippen LogP contribution in [-0.4, -0.2) is 47.2 Å². The monoisotopic (exact) mass is 432 g/mol. The highest BCUT2D eigenvalue weighted by atomic mass is 19.4. The molecule has 31 heavy (non-hydrogen) atoms. The van der Waals surface area contributed by atoms with Crippen molar-refractivity contribution in [2.75, 3.05) is 36.8 Å². The van der Waals surface area contributed by atoms with Gasteiger partial charge in [0.1, 0.15) is 17.0 Å². The van der Waals surface area contributed by atoms with Gasteiger partial charge in [-0.2, -0.15) is 13.2 Å². The summed E-state index contributed by atoms with van der Waals surface area (Å²) in [5.41, 5.74) is 4.81. The Morgan fingerprint density at radius 3 is 2.35 bits per heavy atom. The number of nitrogen functional groups attached to an aromatic ring is 1. The van der Waals surface area contributed by atoms with Crippen LogP contribution in [0.2, 0.25) is 0 Å². The van der Waals surface area contributed by atoms with Crippen LogP contribution in [-0.2, 0) is 6.18 Å². The Hall–Kier alpha value is -3.69. The van der Waals surface area contributed by atoms with E-state index in [0.29, 0.717) is 18.8 Å². The number of carbonyl (C=O) groups is 1. The molecular formula is C21H19F3N4O3. The van der Waals surface area contributed by atoms with Crippen molar-refractivity contribution in [2.45, 2.75) is 6.18 Å². The SMILES string of the molecule is Nc1onc(-c2ccccc2C(F)(F)F)c1C(=O)N1CCN(c2ccccc2O)CC1. The van der Waals surface area contributed by atoms with Crippen molar-refractivity contribution in [3.63, 3.8) is 0 Å². The Labute approximate surface area is 175 Å². The average Bonchev–Trinajstić information content (AvgIpc) is 3.14. The minimum Gasteiger partial charge on any atom is -0.506 e. The quantitative estimate of drug-likeness (QED) is 0.657. The molecule has 0 unspecified atom stereocenters.